The van der Waals surface area contributed by atoms with Crippen molar-refractivity contribution in [1.29, 1.82) is 0 Å². The molecule has 28 heavy (non-hydrogen) atoms. The molecule has 3 heterocycles. The van der Waals surface area contributed by atoms with E-state index in [4.69, 9.17) is 0 Å². The van der Waals surface area contributed by atoms with Crippen LogP contribution >= 0.6 is 11.3 Å². The summed E-state index contributed by atoms with van der Waals surface area (Å²) in [6, 6.07) is 2.06. The second-order valence-electron chi connectivity index (χ2n) is 7.78. The second kappa shape index (κ2) is 8.80. The number of thiazole rings is 1. The Kier molecular flexibility index (Phi) is 6.18. The molecule has 2 aliphatic rings. The van der Waals surface area contributed by atoms with Crippen molar-refractivity contribution < 1.29 is 13.6 Å². The van der Waals surface area contributed by atoms with Crippen LogP contribution < -0.4 is 5.32 Å². The van der Waals surface area contributed by atoms with Crippen LogP contribution in [-0.2, 0) is 4.79 Å². The van der Waals surface area contributed by atoms with E-state index >= 15 is 0 Å². The Labute approximate surface area is 167 Å². The van der Waals surface area contributed by atoms with Crippen molar-refractivity contribution in [1.82, 2.24) is 14.8 Å². The third-order valence-corrected chi connectivity index (χ3v) is 6.62. The molecule has 152 valence electrons. The van der Waals surface area contributed by atoms with Gasteiger partial charge in [-0.25, -0.2) is 13.8 Å². The fraction of sp³-hybridized carbons (Fsp3) is 0.600. The zero-order valence-corrected chi connectivity index (χ0v) is 16.7. The maximum absolute atomic E-state index is 13.8. The van der Waals surface area contributed by atoms with Crippen molar-refractivity contribution >= 4 is 32.6 Å². The highest BCUT2D eigenvalue weighted by molar-refractivity contribution is 7.22. The van der Waals surface area contributed by atoms with Gasteiger partial charge in [0, 0.05) is 25.7 Å². The van der Waals surface area contributed by atoms with Gasteiger partial charge in [-0.3, -0.25) is 4.79 Å². The Morgan fingerprint density at radius 3 is 2.68 bits per heavy atom. The SMILES string of the molecule is O=C(Nc1nc2c(F)cc(F)cc2s1)C1CCCN(CCN2CCCCC2)C1. The lowest BCUT2D eigenvalue weighted by atomic mass is 9.97. The Morgan fingerprint density at radius 2 is 1.86 bits per heavy atom. The number of hydrogen-bond donors (Lipinski definition) is 1. The molecule has 2 fully saturated rings. The molecule has 5 nitrogen and oxygen atoms in total. The third-order valence-electron chi connectivity index (χ3n) is 5.70. The quantitative estimate of drug-likeness (QED) is 0.819. The zero-order valence-electron chi connectivity index (χ0n) is 15.9. The van der Waals surface area contributed by atoms with E-state index in [1.54, 1.807) is 0 Å². The average Bonchev–Trinajstić information content (AvgIpc) is 3.10. The smallest absolute Gasteiger partial charge is 0.230 e. The number of halogens is 2. The minimum absolute atomic E-state index is 0.0809. The first-order valence-corrected chi connectivity index (χ1v) is 10.9. The van der Waals surface area contributed by atoms with Crippen LogP contribution in [0.4, 0.5) is 13.9 Å². The lowest BCUT2D eigenvalue weighted by Crippen LogP contribution is -2.44. The molecule has 1 unspecified atom stereocenters. The number of anilines is 1. The maximum Gasteiger partial charge on any atom is 0.230 e. The summed E-state index contributed by atoms with van der Waals surface area (Å²) in [5.74, 6) is -1.51. The summed E-state index contributed by atoms with van der Waals surface area (Å²) in [5, 5.41) is 3.14. The van der Waals surface area contributed by atoms with Gasteiger partial charge in [0.2, 0.25) is 5.91 Å². The van der Waals surface area contributed by atoms with Crippen LogP contribution in [-0.4, -0.2) is 60.0 Å². The minimum atomic E-state index is -0.701. The normalized spacial score (nSPS) is 21.9. The Bertz CT molecular complexity index is 837. The van der Waals surface area contributed by atoms with E-state index in [1.807, 2.05) is 0 Å². The molecule has 0 saturated carbocycles. The van der Waals surface area contributed by atoms with Crippen molar-refractivity contribution in [2.45, 2.75) is 32.1 Å². The molecule has 1 N–H and O–H groups in total. The van der Waals surface area contributed by atoms with E-state index in [1.165, 1.54) is 38.4 Å². The first-order valence-electron chi connectivity index (χ1n) is 10.1. The van der Waals surface area contributed by atoms with E-state index < -0.39 is 11.6 Å². The molecule has 0 spiro atoms. The van der Waals surface area contributed by atoms with Crippen LogP contribution in [0.2, 0.25) is 0 Å². The van der Waals surface area contributed by atoms with Crippen LogP contribution in [0.5, 0.6) is 0 Å². The summed E-state index contributed by atoms with van der Waals surface area (Å²) in [5.41, 5.74) is 0.105. The zero-order chi connectivity index (χ0) is 19.5. The van der Waals surface area contributed by atoms with E-state index in [2.05, 4.69) is 20.1 Å². The number of carbonyl (C=O) groups is 1. The summed E-state index contributed by atoms with van der Waals surface area (Å²) in [6.07, 6.45) is 5.76. The molecule has 2 saturated heterocycles. The summed E-state index contributed by atoms with van der Waals surface area (Å²) in [4.78, 5) is 21.7. The van der Waals surface area contributed by atoms with Crippen molar-refractivity contribution in [3.8, 4) is 0 Å². The van der Waals surface area contributed by atoms with Gasteiger partial charge >= 0.3 is 0 Å². The maximum atomic E-state index is 13.8. The summed E-state index contributed by atoms with van der Waals surface area (Å²) >= 11 is 1.10. The molecule has 2 aromatic rings. The van der Waals surface area contributed by atoms with Gasteiger partial charge in [0.15, 0.2) is 10.9 Å². The Balaban J connectivity index is 1.33. The van der Waals surface area contributed by atoms with Crippen LogP contribution in [0.15, 0.2) is 12.1 Å². The van der Waals surface area contributed by atoms with Crippen LogP contribution in [0.3, 0.4) is 0 Å². The van der Waals surface area contributed by atoms with E-state index in [0.29, 0.717) is 9.83 Å². The summed E-state index contributed by atoms with van der Waals surface area (Å²) in [6.45, 7) is 6.21. The van der Waals surface area contributed by atoms with Gasteiger partial charge in [-0.1, -0.05) is 17.8 Å². The number of rotatable bonds is 5. The number of carbonyl (C=O) groups excluding carboxylic acids is 1. The predicted octanol–water partition coefficient (Wildman–Crippen LogP) is 3.71. The molecular weight excluding hydrogens is 382 g/mol. The lowest BCUT2D eigenvalue weighted by Gasteiger charge is -2.34. The number of likely N-dealkylation sites (tertiary alicyclic amines) is 2. The molecule has 0 radical (unpaired) electrons. The number of nitrogens with zero attached hydrogens (tertiary/aromatic N) is 3. The number of aromatic nitrogens is 1. The lowest BCUT2D eigenvalue weighted by molar-refractivity contribution is -0.121. The highest BCUT2D eigenvalue weighted by atomic mass is 32.1. The molecule has 1 amide bonds. The molecule has 4 rings (SSSR count). The van der Waals surface area contributed by atoms with Gasteiger partial charge in [-0.05, 0) is 51.4 Å². The molecule has 2 aliphatic heterocycles. The van der Waals surface area contributed by atoms with Crippen molar-refractivity contribution in [2.75, 3.05) is 44.6 Å². The first kappa shape index (κ1) is 19.7. The second-order valence-corrected chi connectivity index (χ2v) is 8.82. The predicted molar refractivity (Wildman–Crippen MR) is 108 cm³/mol. The van der Waals surface area contributed by atoms with Gasteiger partial charge in [-0.2, -0.15) is 0 Å². The fourth-order valence-electron chi connectivity index (χ4n) is 4.16. The number of nitrogens with one attached hydrogen (secondary N) is 1. The van der Waals surface area contributed by atoms with Gasteiger partial charge in [0.1, 0.15) is 11.3 Å². The molecular formula is C20H26F2N4OS. The standard InChI is InChI=1S/C20H26F2N4OS/c21-15-11-16(22)18-17(12-15)28-20(23-18)24-19(27)14-5-4-8-26(13-14)10-9-25-6-2-1-3-7-25/h11-12,14H,1-10,13H2,(H,23,24,27). The summed E-state index contributed by atoms with van der Waals surface area (Å²) < 4.78 is 27.6. The molecule has 1 atom stereocenters. The Morgan fingerprint density at radius 1 is 1.11 bits per heavy atom. The van der Waals surface area contributed by atoms with E-state index in [-0.39, 0.29) is 17.3 Å². The fourth-order valence-corrected chi connectivity index (χ4v) is 5.06. The number of piperidine rings is 2. The molecule has 0 aliphatic carbocycles. The average molecular weight is 409 g/mol. The van der Waals surface area contributed by atoms with Crippen molar-refractivity contribution in [3.05, 3.63) is 23.8 Å². The molecule has 8 heteroatoms. The molecule has 1 aromatic heterocycles. The number of fused-ring (bicyclic) bond motifs is 1. The van der Waals surface area contributed by atoms with Gasteiger partial charge in [0.05, 0.1) is 10.6 Å². The monoisotopic (exact) mass is 408 g/mol. The Hall–Kier alpha value is -1.64. The van der Waals surface area contributed by atoms with E-state index in [0.717, 1.165) is 56.4 Å². The van der Waals surface area contributed by atoms with Crippen LogP contribution in [0.25, 0.3) is 10.2 Å². The topological polar surface area (TPSA) is 48.5 Å². The van der Waals surface area contributed by atoms with Crippen LogP contribution in [0, 0.1) is 17.6 Å². The van der Waals surface area contributed by atoms with Crippen LogP contribution in [0.1, 0.15) is 32.1 Å². The highest BCUT2D eigenvalue weighted by Gasteiger charge is 2.27. The summed E-state index contributed by atoms with van der Waals surface area (Å²) in [7, 11) is 0. The van der Waals surface area contributed by atoms with Crippen molar-refractivity contribution in [2.24, 2.45) is 5.92 Å². The van der Waals surface area contributed by atoms with Crippen molar-refractivity contribution in [3.63, 3.8) is 0 Å². The van der Waals surface area contributed by atoms with Gasteiger partial charge < -0.3 is 15.1 Å². The largest absolute Gasteiger partial charge is 0.302 e. The number of amides is 1. The third kappa shape index (κ3) is 4.67. The number of benzene rings is 1. The highest BCUT2D eigenvalue weighted by Crippen LogP contribution is 2.29. The first-order chi connectivity index (χ1) is 13.6. The van der Waals surface area contributed by atoms with Gasteiger partial charge in [-0.15, -0.1) is 0 Å². The minimum Gasteiger partial charge on any atom is -0.302 e. The molecule has 0 bridgehead atoms. The van der Waals surface area contributed by atoms with Gasteiger partial charge in [0.25, 0.3) is 0 Å². The van der Waals surface area contributed by atoms with E-state index in [9.17, 15) is 13.6 Å². The number of hydrogen-bond acceptors (Lipinski definition) is 5. The molecule has 1 aromatic carbocycles.